The number of anilines is 2. The minimum Gasteiger partial charge on any atom is -0.495 e. The fourth-order valence-electron chi connectivity index (χ4n) is 2.13. The molecule has 0 radical (unpaired) electrons. The van der Waals surface area contributed by atoms with Gasteiger partial charge in [0.05, 0.1) is 30.1 Å². The second-order valence-electron chi connectivity index (χ2n) is 4.71. The van der Waals surface area contributed by atoms with Crippen molar-refractivity contribution in [2.45, 2.75) is 6.54 Å². The topological polar surface area (TPSA) is 62.3 Å². The van der Waals surface area contributed by atoms with Gasteiger partial charge in [-0.05, 0) is 17.7 Å². The summed E-state index contributed by atoms with van der Waals surface area (Å²) in [5.74, 6) is 0.0243. The molecule has 0 saturated carbocycles. The fourth-order valence-corrected chi connectivity index (χ4v) is 2.13. The van der Waals surface area contributed by atoms with E-state index in [1.807, 2.05) is 12.1 Å². The second kappa shape index (κ2) is 6.14. The van der Waals surface area contributed by atoms with Crippen LogP contribution in [0.5, 0.6) is 5.75 Å². The molecule has 0 atom stereocenters. The molecule has 0 spiro atoms. The molecule has 0 fully saturated rings. The van der Waals surface area contributed by atoms with Crippen molar-refractivity contribution in [3.05, 3.63) is 53.3 Å². The Labute approximate surface area is 123 Å². The highest BCUT2D eigenvalue weighted by Crippen LogP contribution is 2.30. The van der Waals surface area contributed by atoms with Gasteiger partial charge in [0.25, 0.3) is 0 Å². The molecule has 0 aliphatic carbocycles. The first kappa shape index (κ1) is 14.7. The average Bonchev–Trinajstić information content (AvgIpc) is 2.47. The first-order valence-corrected chi connectivity index (χ1v) is 6.38. The average molecular weight is 285 g/mol. The molecule has 2 rings (SSSR count). The van der Waals surface area contributed by atoms with Crippen molar-refractivity contribution in [1.82, 2.24) is 0 Å². The van der Waals surface area contributed by atoms with Crippen molar-refractivity contribution in [3.63, 3.8) is 0 Å². The van der Waals surface area contributed by atoms with Crippen LogP contribution in [0.4, 0.5) is 15.8 Å². The minimum absolute atomic E-state index is 0.263. The molecular formula is C16H16FN3O. The second-order valence-corrected chi connectivity index (χ2v) is 4.71. The SMILES string of the molecule is COc1cc(N(C)Cc2cccc(C#N)c2)c(F)cc1N. The van der Waals surface area contributed by atoms with Crippen LogP contribution in [0, 0.1) is 17.1 Å². The lowest BCUT2D eigenvalue weighted by Gasteiger charge is -2.21. The highest BCUT2D eigenvalue weighted by atomic mass is 19.1. The molecule has 5 heteroatoms. The van der Waals surface area contributed by atoms with Gasteiger partial charge in [-0.3, -0.25) is 0 Å². The normalized spacial score (nSPS) is 10.0. The first-order chi connectivity index (χ1) is 10.0. The minimum atomic E-state index is -0.410. The third-order valence-corrected chi connectivity index (χ3v) is 3.19. The van der Waals surface area contributed by atoms with Gasteiger partial charge in [0.1, 0.15) is 11.6 Å². The Morgan fingerprint density at radius 2 is 2.10 bits per heavy atom. The molecule has 0 heterocycles. The van der Waals surface area contributed by atoms with Gasteiger partial charge < -0.3 is 15.4 Å². The van der Waals surface area contributed by atoms with Crippen LogP contribution in [-0.4, -0.2) is 14.2 Å². The van der Waals surface area contributed by atoms with E-state index in [-0.39, 0.29) is 5.69 Å². The van der Waals surface area contributed by atoms with Crippen LogP contribution in [0.15, 0.2) is 36.4 Å². The van der Waals surface area contributed by atoms with Gasteiger partial charge >= 0.3 is 0 Å². The van der Waals surface area contributed by atoms with E-state index in [1.54, 1.807) is 30.1 Å². The van der Waals surface area contributed by atoms with Gasteiger partial charge in [-0.25, -0.2) is 4.39 Å². The Morgan fingerprint density at radius 1 is 1.33 bits per heavy atom. The largest absolute Gasteiger partial charge is 0.495 e. The van der Waals surface area contributed by atoms with E-state index in [0.29, 0.717) is 23.5 Å². The summed E-state index contributed by atoms with van der Waals surface area (Å²) >= 11 is 0. The number of ether oxygens (including phenoxy) is 1. The number of hydrogen-bond acceptors (Lipinski definition) is 4. The zero-order valence-electron chi connectivity index (χ0n) is 11.9. The number of hydrogen-bond donors (Lipinski definition) is 1. The van der Waals surface area contributed by atoms with Gasteiger partial charge in [0.15, 0.2) is 0 Å². The third-order valence-electron chi connectivity index (χ3n) is 3.19. The van der Waals surface area contributed by atoms with Crippen LogP contribution in [0.3, 0.4) is 0 Å². The van der Waals surface area contributed by atoms with Crippen molar-refractivity contribution >= 4 is 11.4 Å². The van der Waals surface area contributed by atoms with Crippen molar-refractivity contribution in [2.75, 3.05) is 24.8 Å². The molecule has 4 nitrogen and oxygen atoms in total. The molecule has 108 valence electrons. The summed E-state index contributed by atoms with van der Waals surface area (Å²) in [6, 6.07) is 12.1. The number of halogens is 1. The number of nitrogens with two attached hydrogens (primary N) is 1. The maximum absolute atomic E-state index is 14.0. The van der Waals surface area contributed by atoms with Gasteiger partial charge in [0, 0.05) is 25.7 Å². The molecule has 0 aromatic heterocycles. The summed E-state index contributed by atoms with van der Waals surface area (Å²) in [7, 11) is 3.26. The number of benzene rings is 2. The Morgan fingerprint density at radius 3 is 2.76 bits per heavy atom. The molecule has 0 aliphatic rings. The van der Waals surface area contributed by atoms with Gasteiger partial charge in [-0.1, -0.05) is 12.1 Å². The van der Waals surface area contributed by atoms with Crippen molar-refractivity contribution < 1.29 is 9.13 Å². The fraction of sp³-hybridized carbons (Fsp3) is 0.188. The van der Waals surface area contributed by atoms with E-state index in [4.69, 9.17) is 15.7 Å². The first-order valence-electron chi connectivity index (χ1n) is 6.38. The zero-order valence-corrected chi connectivity index (χ0v) is 11.9. The summed E-state index contributed by atoms with van der Waals surface area (Å²) in [6.45, 7) is 0.472. The third kappa shape index (κ3) is 3.23. The zero-order chi connectivity index (χ0) is 15.4. The van der Waals surface area contributed by atoms with Crippen LogP contribution >= 0.6 is 0 Å². The van der Waals surface area contributed by atoms with Crippen LogP contribution < -0.4 is 15.4 Å². The van der Waals surface area contributed by atoms with E-state index in [2.05, 4.69) is 6.07 Å². The van der Waals surface area contributed by atoms with E-state index in [9.17, 15) is 4.39 Å². The quantitative estimate of drug-likeness (QED) is 0.877. The molecule has 0 amide bonds. The van der Waals surface area contributed by atoms with E-state index in [1.165, 1.54) is 13.2 Å². The summed E-state index contributed by atoms with van der Waals surface area (Å²) in [6.07, 6.45) is 0. The number of methoxy groups -OCH3 is 1. The highest BCUT2D eigenvalue weighted by Gasteiger charge is 2.12. The Hall–Kier alpha value is -2.74. The lowest BCUT2D eigenvalue weighted by atomic mass is 10.1. The lowest BCUT2D eigenvalue weighted by Crippen LogP contribution is -2.18. The van der Waals surface area contributed by atoms with E-state index in [0.717, 1.165) is 5.56 Å². The molecule has 21 heavy (non-hydrogen) atoms. The monoisotopic (exact) mass is 285 g/mol. The van der Waals surface area contributed by atoms with Crippen LogP contribution in [0.2, 0.25) is 0 Å². The molecule has 2 aromatic carbocycles. The predicted octanol–water partition coefficient (Wildman–Crippen LogP) is 2.92. The molecule has 0 bridgehead atoms. The smallest absolute Gasteiger partial charge is 0.148 e. The van der Waals surface area contributed by atoms with Crippen molar-refractivity contribution in [3.8, 4) is 11.8 Å². The number of nitrogens with zero attached hydrogens (tertiary/aromatic N) is 2. The molecular weight excluding hydrogens is 269 g/mol. The molecule has 0 aliphatic heterocycles. The van der Waals surface area contributed by atoms with Gasteiger partial charge in [-0.15, -0.1) is 0 Å². The van der Waals surface area contributed by atoms with E-state index < -0.39 is 5.82 Å². The summed E-state index contributed by atoms with van der Waals surface area (Å²) < 4.78 is 19.2. The molecule has 2 N–H and O–H groups in total. The molecule has 0 unspecified atom stereocenters. The Bertz CT molecular complexity index is 694. The predicted molar refractivity (Wildman–Crippen MR) is 80.6 cm³/mol. The van der Waals surface area contributed by atoms with Crippen LogP contribution in [0.1, 0.15) is 11.1 Å². The van der Waals surface area contributed by atoms with Crippen LogP contribution in [0.25, 0.3) is 0 Å². The summed E-state index contributed by atoms with van der Waals surface area (Å²) in [4.78, 5) is 1.74. The maximum Gasteiger partial charge on any atom is 0.148 e. The maximum atomic E-state index is 14.0. The van der Waals surface area contributed by atoms with Gasteiger partial charge in [-0.2, -0.15) is 5.26 Å². The van der Waals surface area contributed by atoms with E-state index >= 15 is 0 Å². The van der Waals surface area contributed by atoms with Crippen molar-refractivity contribution in [2.24, 2.45) is 0 Å². The highest BCUT2D eigenvalue weighted by molar-refractivity contribution is 5.63. The van der Waals surface area contributed by atoms with Crippen molar-refractivity contribution in [1.29, 1.82) is 5.26 Å². The summed E-state index contributed by atoms with van der Waals surface area (Å²) in [5, 5.41) is 8.90. The number of rotatable bonds is 4. The Balaban J connectivity index is 2.28. The van der Waals surface area contributed by atoms with Gasteiger partial charge in [0.2, 0.25) is 0 Å². The van der Waals surface area contributed by atoms with Crippen LogP contribution in [-0.2, 0) is 6.54 Å². The molecule has 0 saturated heterocycles. The summed E-state index contributed by atoms with van der Waals surface area (Å²) in [5.41, 5.74) is 7.83. The number of nitriles is 1. The molecule has 2 aromatic rings. The standard InChI is InChI=1S/C16H16FN3O/c1-20(10-12-5-3-4-11(6-12)9-18)15-8-16(21-2)14(19)7-13(15)17/h3-8H,10,19H2,1-2H3. The number of nitrogen functional groups attached to an aromatic ring is 1. The Kier molecular flexibility index (Phi) is 4.29. The lowest BCUT2D eigenvalue weighted by molar-refractivity contribution is 0.416.